The van der Waals surface area contributed by atoms with Crippen LogP contribution in [0.15, 0.2) is 14.7 Å². The number of carbonyl (C=O) groups excluding carboxylic acids is 1. The van der Waals surface area contributed by atoms with Crippen molar-refractivity contribution in [1.82, 2.24) is 14.8 Å². The molecule has 1 unspecified atom stereocenters. The van der Waals surface area contributed by atoms with Crippen LogP contribution in [0.5, 0.6) is 0 Å². The molecule has 0 spiro atoms. The SMILES string of the molecule is CCOC(=O)C(N)CSc1nc(=O)c(=O)[nH]n1C. The van der Waals surface area contributed by atoms with E-state index in [0.717, 1.165) is 11.8 Å². The lowest BCUT2D eigenvalue weighted by atomic mass is 10.4. The number of ether oxygens (including phenoxy) is 1. The first-order valence-corrected chi connectivity index (χ1v) is 6.16. The molecule has 100 valence electrons. The Bertz CT molecular complexity index is 538. The van der Waals surface area contributed by atoms with Crippen LogP contribution < -0.4 is 16.9 Å². The molecule has 0 saturated heterocycles. The number of carbonyl (C=O) groups is 1. The van der Waals surface area contributed by atoms with Gasteiger partial charge in [-0.25, -0.2) is 0 Å². The monoisotopic (exact) mass is 274 g/mol. The average Bonchev–Trinajstić information content (AvgIpc) is 2.32. The highest BCUT2D eigenvalue weighted by molar-refractivity contribution is 7.99. The number of thioether (sulfide) groups is 1. The number of aromatic nitrogens is 3. The van der Waals surface area contributed by atoms with E-state index < -0.39 is 23.1 Å². The normalized spacial score (nSPS) is 12.2. The van der Waals surface area contributed by atoms with Gasteiger partial charge in [0, 0.05) is 12.8 Å². The molecule has 18 heavy (non-hydrogen) atoms. The van der Waals surface area contributed by atoms with Gasteiger partial charge in [0.15, 0.2) is 5.16 Å². The summed E-state index contributed by atoms with van der Waals surface area (Å²) in [5, 5.41) is 2.57. The summed E-state index contributed by atoms with van der Waals surface area (Å²) in [6.45, 7) is 1.94. The lowest BCUT2D eigenvalue weighted by Gasteiger charge is -2.10. The van der Waals surface area contributed by atoms with Crippen molar-refractivity contribution >= 4 is 17.7 Å². The Kier molecular flexibility index (Phi) is 5.10. The molecular formula is C9H14N4O4S. The molecular weight excluding hydrogens is 260 g/mol. The van der Waals surface area contributed by atoms with Gasteiger partial charge in [0.1, 0.15) is 6.04 Å². The number of esters is 1. The molecule has 0 saturated carbocycles. The molecule has 1 rings (SSSR count). The van der Waals surface area contributed by atoms with Crippen LogP contribution in [0.4, 0.5) is 0 Å². The second-order valence-electron chi connectivity index (χ2n) is 3.37. The molecule has 1 atom stereocenters. The van der Waals surface area contributed by atoms with E-state index in [-0.39, 0.29) is 17.5 Å². The molecule has 0 bridgehead atoms. The van der Waals surface area contributed by atoms with Crippen molar-refractivity contribution in [2.75, 3.05) is 12.4 Å². The van der Waals surface area contributed by atoms with Crippen molar-refractivity contribution in [2.45, 2.75) is 18.1 Å². The van der Waals surface area contributed by atoms with Gasteiger partial charge in [-0.3, -0.25) is 24.2 Å². The van der Waals surface area contributed by atoms with Gasteiger partial charge in [-0.2, -0.15) is 4.98 Å². The number of aryl methyl sites for hydroxylation is 1. The van der Waals surface area contributed by atoms with Crippen LogP contribution in [-0.4, -0.2) is 39.1 Å². The number of hydrogen-bond acceptors (Lipinski definition) is 7. The summed E-state index contributed by atoms with van der Waals surface area (Å²) in [5.41, 5.74) is 3.92. The molecule has 0 aliphatic carbocycles. The maximum atomic E-state index is 11.3. The Balaban J connectivity index is 2.69. The van der Waals surface area contributed by atoms with Crippen molar-refractivity contribution in [1.29, 1.82) is 0 Å². The van der Waals surface area contributed by atoms with Crippen molar-refractivity contribution < 1.29 is 9.53 Å². The Morgan fingerprint density at radius 3 is 2.89 bits per heavy atom. The Morgan fingerprint density at radius 1 is 1.61 bits per heavy atom. The average molecular weight is 274 g/mol. The number of nitrogens with one attached hydrogen (secondary N) is 1. The summed E-state index contributed by atoms with van der Waals surface area (Å²) in [6, 6.07) is -0.807. The lowest BCUT2D eigenvalue weighted by molar-refractivity contribution is -0.144. The van der Waals surface area contributed by atoms with E-state index in [1.165, 1.54) is 11.7 Å². The van der Waals surface area contributed by atoms with Crippen molar-refractivity contribution in [2.24, 2.45) is 12.8 Å². The summed E-state index contributed by atoms with van der Waals surface area (Å²) in [4.78, 5) is 36.9. The zero-order valence-corrected chi connectivity index (χ0v) is 10.8. The smallest absolute Gasteiger partial charge is 0.339 e. The van der Waals surface area contributed by atoms with Crippen molar-refractivity contribution in [3.8, 4) is 0 Å². The molecule has 1 heterocycles. The lowest BCUT2D eigenvalue weighted by Crippen LogP contribution is -2.36. The van der Waals surface area contributed by atoms with E-state index in [2.05, 4.69) is 10.1 Å². The predicted octanol–water partition coefficient (Wildman–Crippen LogP) is -1.55. The second-order valence-corrected chi connectivity index (χ2v) is 4.36. The molecule has 8 nitrogen and oxygen atoms in total. The predicted molar refractivity (Wildman–Crippen MR) is 65.4 cm³/mol. The largest absolute Gasteiger partial charge is 0.465 e. The Hall–Kier alpha value is -1.61. The van der Waals surface area contributed by atoms with E-state index >= 15 is 0 Å². The maximum absolute atomic E-state index is 11.3. The van der Waals surface area contributed by atoms with Gasteiger partial charge >= 0.3 is 17.1 Å². The van der Waals surface area contributed by atoms with E-state index in [1.54, 1.807) is 6.92 Å². The van der Waals surface area contributed by atoms with Gasteiger partial charge in [0.05, 0.1) is 6.61 Å². The highest BCUT2D eigenvalue weighted by Crippen LogP contribution is 2.12. The molecule has 0 radical (unpaired) electrons. The summed E-state index contributed by atoms with van der Waals surface area (Å²) in [7, 11) is 1.53. The zero-order valence-electron chi connectivity index (χ0n) is 10.0. The highest BCUT2D eigenvalue weighted by Gasteiger charge is 2.16. The minimum atomic E-state index is -0.875. The van der Waals surface area contributed by atoms with Gasteiger partial charge in [0.25, 0.3) is 0 Å². The van der Waals surface area contributed by atoms with Crippen LogP contribution in [0.25, 0.3) is 0 Å². The molecule has 1 aromatic rings. The number of hydrogen-bond donors (Lipinski definition) is 2. The molecule has 0 aliphatic rings. The second kappa shape index (κ2) is 6.36. The van der Waals surface area contributed by atoms with Crippen LogP contribution in [0, 0.1) is 0 Å². The Morgan fingerprint density at radius 2 is 2.28 bits per heavy atom. The number of nitrogens with zero attached hydrogens (tertiary/aromatic N) is 2. The summed E-state index contributed by atoms with van der Waals surface area (Å²) >= 11 is 1.09. The standard InChI is InChI=1S/C9H14N4O4S/c1-3-17-8(16)5(10)4-18-9-11-6(14)7(15)12-13(9)2/h5H,3-4,10H2,1-2H3,(H,12,15). The van der Waals surface area contributed by atoms with Crippen LogP contribution in [-0.2, 0) is 16.6 Å². The molecule has 0 fully saturated rings. The molecule has 0 amide bonds. The fourth-order valence-corrected chi connectivity index (χ4v) is 1.92. The quantitative estimate of drug-likeness (QED) is 0.379. The summed E-state index contributed by atoms with van der Waals surface area (Å²) in [5.74, 6) is -0.315. The zero-order chi connectivity index (χ0) is 13.7. The topological polar surface area (TPSA) is 120 Å². The Labute approximate surface area is 107 Å². The number of aromatic amines is 1. The van der Waals surface area contributed by atoms with Gasteiger partial charge in [0.2, 0.25) is 0 Å². The minimum Gasteiger partial charge on any atom is -0.465 e. The maximum Gasteiger partial charge on any atom is 0.339 e. The number of H-pyrrole nitrogens is 1. The van der Waals surface area contributed by atoms with Crippen LogP contribution in [0.1, 0.15) is 6.92 Å². The third-order valence-corrected chi connectivity index (χ3v) is 3.08. The van der Waals surface area contributed by atoms with Gasteiger partial charge in [-0.1, -0.05) is 11.8 Å². The van der Waals surface area contributed by atoms with Crippen LogP contribution in [0.3, 0.4) is 0 Å². The third-order valence-electron chi connectivity index (χ3n) is 1.93. The summed E-state index contributed by atoms with van der Waals surface area (Å²) in [6.07, 6.45) is 0. The fourth-order valence-electron chi connectivity index (χ4n) is 1.07. The fraction of sp³-hybridized carbons (Fsp3) is 0.556. The molecule has 1 aromatic heterocycles. The number of nitrogens with two attached hydrogens (primary N) is 1. The molecule has 9 heteroatoms. The first-order chi connectivity index (χ1) is 8.45. The van der Waals surface area contributed by atoms with Gasteiger partial charge < -0.3 is 10.5 Å². The first kappa shape index (κ1) is 14.5. The number of rotatable bonds is 5. The minimum absolute atomic E-state index is 0.200. The van der Waals surface area contributed by atoms with E-state index in [4.69, 9.17) is 10.5 Å². The summed E-state index contributed by atoms with van der Waals surface area (Å²) < 4.78 is 6.04. The van der Waals surface area contributed by atoms with E-state index in [1.807, 2.05) is 0 Å². The van der Waals surface area contributed by atoms with Crippen molar-refractivity contribution in [3.05, 3.63) is 20.7 Å². The van der Waals surface area contributed by atoms with Crippen LogP contribution in [0.2, 0.25) is 0 Å². The molecule has 3 N–H and O–H groups in total. The van der Waals surface area contributed by atoms with Crippen molar-refractivity contribution in [3.63, 3.8) is 0 Å². The van der Waals surface area contributed by atoms with Crippen LogP contribution >= 0.6 is 11.8 Å². The van der Waals surface area contributed by atoms with E-state index in [0.29, 0.717) is 0 Å². The van der Waals surface area contributed by atoms with Gasteiger partial charge in [-0.05, 0) is 6.92 Å². The van der Waals surface area contributed by atoms with E-state index in [9.17, 15) is 14.4 Å². The molecule has 0 aromatic carbocycles. The third kappa shape index (κ3) is 3.70. The van der Waals surface area contributed by atoms with Gasteiger partial charge in [-0.15, -0.1) is 0 Å². The first-order valence-electron chi connectivity index (χ1n) is 5.18. The highest BCUT2D eigenvalue weighted by atomic mass is 32.2. The molecule has 0 aliphatic heterocycles.